The molecule has 1 aliphatic heterocycles. The molecule has 7 nitrogen and oxygen atoms in total. The van der Waals surface area contributed by atoms with E-state index in [-0.39, 0.29) is 17.5 Å². The average molecular weight is 378 g/mol. The Morgan fingerprint density at radius 2 is 1.82 bits per heavy atom. The van der Waals surface area contributed by atoms with Gasteiger partial charge in [0, 0.05) is 36.7 Å². The van der Waals surface area contributed by atoms with Crippen molar-refractivity contribution in [3.8, 4) is 5.69 Å². The predicted octanol–water partition coefficient (Wildman–Crippen LogP) is 3.16. The molecule has 2 aromatic heterocycles. The number of likely N-dealkylation sites (tertiary alicyclic amines) is 1. The van der Waals surface area contributed by atoms with Gasteiger partial charge in [0.1, 0.15) is 5.56 Å². The lowest BCUT2D eigenvalue weighted by atomic mass is 10.0. The highest BCUT2D eigenvalue weighted by atomic mass is 16.4. The summed E-state index contributed by atoms with van der Waals surface area (Å²) < 4.78 is 3.77. The number of hydrogen-bond donors (Lipinski definition) is 1. The Hall–Kier alpha value is -3.35. The van der Waals surface area contributed by atoms with Gasteiger partial charge in [-0.2, -0.15) is 5.10 Å². The van der Waals surface area contributed by atoms with Gasteiger partial charge in [0.25, 0.3) is 5.91 Å². The summed E-state index contributed by atoms with van der Waals surface area (Å²) in [6, 6.07) is 11.6. The van der Waals surface area contributed by atoms with Crippen molar-refractivity contribution in [3.63, 3.8) is 0 Å². The van der Waals surface area contributed by atoms with Gasteiger partial charge in [0.05, 0.1) is 17.9 Å². The number of carboxylic acid groups (broad SMARTS) is 1. The van der Waals surface area contributed by atoms with Crippen LogP contribution in [0.15, 0.2) is 55.0 Å². The topological polar surface area (TPSA) is 80.4 Å². The first-order chi connectivity index (χ1) is 13.5. The van der Waals surface area contributed by atoms with Gasteiger partial charge in [-0.05, 0) is 50.1 Å². The SMILES string of the molecule is Cc1c(C(=O)O)cnn1C1CCN(C(=O)c2cccc(-n3cccc3)c2)CC1. The summed E-state index contributed by atoms with van der Waals surface area (Å²) in [5, 5.41) is 13.5. The van der Waals surface area contributed by atoms with Crippen molar-refractivity contribution in [1.29, 1.82) is 0 Å². The van der Waals surface area contributed by atoms with E-state index in [0.717, 1.165) is 18.5 Å². The number of benzene rings is 1. The van der Waals surface area contributed by atoms with Crippen LogP contribution in [0.1, 0.15) is 45.3 Å². The molecule has 1 aliphatic rings. The van der Waals surface area contributed by atoms with Crippen molar-refractivity contribution >= 4 is 11.9 Å². The molecule has 0 radical (unpaired) electrons. The number of nitrogens with zero attached hydrogens (tertiary/aromatic N) is 4. The summed E-state index contributed by atoms with van der Waals surface area (Å²) in [5.74, 6) is -0.935. The van der Waals surface area contributed by atoms with E-state index in [0.29, 0.717) is 24.3 Å². The molecule has 3 aromatic rings. The summed E-state index contributed by atoms with van der Waals surface area (Å²) >= 11 is 0. The predicted molar refractivity (Wildman–Crippen MR) is 104 cm³/mol. The Morgan fingerprint density at radius 3 is 2.46 bits per heavy atom. The molecule has 28 heavy (non-hydrogen) atoms. The first-order valence-corrected chi connectivity index (χ1v) is 9.34. The van der Waals surface area contributed by atoms with Crippen LogP contribution in [-0.4, -0.2) is 49.3 Å². The van der Waals surface area contributed by atoms with Crippen LogP contribution >= 0.6 is 0 Å². The first-order valence-electron chi connectivity index (χ1n) is 9.34. The fraction of sp³-hybridized carbons (Fsp3) is 0.286. The number of piperidine rings is 1. The van der Waals surface area contributed by atoms with Crippen LogP contribution in [0.2, 0.25) is 0 Å². The van der Waals surface area contributed by atoms with Crippen LogP contribution < -0.4 is 0 Å². The first kappa shape index (κ1) is 18.0. The van der Waals surface area contributed by atoms with E-state index in [1.807, 2.05) is 58.3 Å². The molecule has 1 fully saturated rings. The standard InChI is InChI=1S/C21H22N4O3/c1-15-19(21(27)28)14-22-25(15)17-7-11-24(12-8-17)20(26)16-5-4-6-18(13-16)23-9-2-3-10-23/h2-6,9-10,13-14,17H,7-8,11-12H2,1H3,(H,27,28). The van der Waals surface area contributed by atoms with Crippen LogP contribution in [0.4, 0.5) is 0 Å². The highest BCUT2D eigenvalue weighted by Gasteiger charge is 2.27. The largest absolute Gasteiger partial charge is 0.478 e. The Kier molecular flexibility index (Phi) is 4.73. The fourth-order valence-corrected chi connectivity index (χ4v) is 3.80. The smallest absolute Gasteiger partial charge is 0.339 e. The third kappa shape index (κ3) is 3.31. The molecule has 1 saturated heterocycles. The van der Waals surface area contributed by atoms with Crippen molar-refractivity contribution in [2.24, 2.45) is 0 Å². The van der Waals surface area contributed by atoms with Gasteiger partial charge in [-0.1, -0.05) is 6.07 Å². The Bertz CT molecular complexity index is 999. The maximum absolute atomic E-state index is 12.9. The molecule has 0 bridgehead atoms. The molecule has 3 heterocycles. The maximum atomic E-state index is 12.9. The lowest BCUT2D eigenvalue weighted by Gasteiger charge is -2.32. The van der Waals surface area contributed by atoms with Gasteiger partial charge in [-0.3, -0.25) is 9.48 Å². The van der Waals surface area contributed by atoms with Crippen LogP contribution in [0, 0.1) is 6.92 Å². The Morgan fingerprint density at radius 1 is 1.11 bits per heavy atom. The lowest BCUT2D eigenvalue weighted by Crippen LogP contribution is -2.39. The van der Waals surface area contributed by atoms with Crippen LogP contribution in [0.5, 0.6) is 0 Å². The highest BCUT2D eigenvalue weighted by molar-refractivity contribution is 5.94. The molecule has 7 heteroatoms. The molecular weight excluding hydrogens is 356 g/mol. The van der Waals surface area contributed by atoms with Gasteiger partial charge in [-0.15, -0.1) is 0 Å². The van der Waals surface area contributed by atoms with Gasteiger partial charge in [-0.25, -0.2) is 4.79 Å². The Labute approximate surface area is 162 Å². The van der Waals surface area contributed by atoms with E-state index in [1.165, 1.54) is 6.20 Å². The van der Waals surface area contributed by atoms with E-state index in [2.05, 4.69) is 5.10 Å². The zero-order valence-electron chi connectivity index (χ0n) is 15.7. The van der Waals surface area contributed by atoms with E-state index < -0.39 is 5.97 Å². The van der Waals surface area contributed by atoms with E-state index >= 15 is 0 Å². The number of aromatic carboxylic acids is 1. The maximum Gasteiger partial charge on any atom is 0.339 e. The molecule has 0 unspecified atom stereocenters. The number of amides is 1. The molecule has 0 spiro atoms. The number of aromatic nitrogens is 3. The van der Waals surface area contributed by atoms with Crippen molar-refractivity contribution in [2.75, 3.05) is 13.1 Å². The highest BCUT2D eigenvalue weighted by Crippen LogP contribution is 2.26. The van der Waals surface area contributed by atoms with Crippen molar-refractivity contribution in [1.82, 2.24) is 19.2 Å². The molecular formula is C21H22N4O3. The second-order valence-corrected chi connectivity index (χ2v) is 7.06. The van der Waals surface area contributed by atoms with Gasteiger partial charge in [0.15, 0.2) is 0 Å². The monoisotopic (exact) mass is 378 g/mol. The van der Waals surface area contributed by atoms with Crippen molar-refractivity contribution in [3.05, 3.63) is 71.8 Å². The number of carbonyl (C=O) groups is 2. The summed E-state index contributed by atoms with van der Waals surface area (Å²) in [7, 11) is 0. The fourth-order valence-electron chi connectivity index (χ4n) is 3.80. The minimum atomic E-state index is -0.959. The number of rotatable bonds is 4. The van der Waals surface area contributed by atoms with Gasteiger partial charge < -0.3 is 14.6 Å². The number of carboxylic acids is 1. The lowest BCUT2D eigenvalue weighted by molar-refractivity contribution is 0.0688. The summed E-state index contributed by atoms with van der Waals surface area (Å²) in [6.45, 7) is 3.03. The Balaban J connectivity index is 1.45. The molecule has 4 rings (SSSR count). The van der Waals surface area contributed by atoms with Crippen molar-refractivity contribution in [2.45, 2.75) is 25.8 Å². The quantitative estimate of drug-likeness (QED) is 0.756. The van der Waals surface area contributed by atoms with E-state index in [4.69, 9.17) is 0 Å². The second kappa shape index (κ2) is 7.34. The van der Waals surface area contributed by atoms with Crippen molar-refractivity contribution < 1.29 is 14.7 Å². The van der Waals surface area contributed by atoms with E-state index in [9.17, 15) is 14.7 Å². The zero-order chi connectivity index (χ0) is 19.7. The van der Waals surface area contributed by atoms with Crippen LogP contribution in [0.25, 0.3) is 5.69 Å². The minimum Gasteiger partial charge on any atom is -0.478 e. The number of hydrogen-bond acceptors (Lipinski definition) is 3. The van der Waals surface area contributed by atoms with Crippen LogP contribution in [0.3, 0.4) is 0 Å². The average Bonchev–Trinajstić information content (AvgIpc) is 3.38. The summed E-state index contributed by atoms with van der Waals surface area (Å²) in [6.07, 6.45) is 6.82. The van der Waals surface area contributed by atoms with Gasteiger partial charge in [0.2, 0.25) is 0 Å². The normalized spacial score (nSPS) is 15.0. The molecule has 1 amide bonds. The minimum absolute atomic E-state index is 0.0240. The molecule has 1 aromatic carbocycles. The van der Waals surface area contributed by atoms with Crippen LogP contribution in [-0.2, 0) is 0 Å². The third-order valence-electron chi connectivity index (χ3n) is 5.37. The third-order valence-corrected chi connectivity index (χ3v) is 5.37. The second-order valence-electron chi connectivity index (χ2n) is 7.06. The molecule has 1 N–H and O–H groups in total. The number of carbonyl (C=O) groups excluding carboxylic acids is 1. The molecule has 0 saturated carbocycles. The summed E-state index contributed by atoms with van der Waals surface area (Å²) in [5.41, 5.74) is 2.53. The molecule has 0 aliphatic carbocycles. The van der Waals surface area contributed by atoms with E-state index in [1.54, 1.807) is 11.6 Å². The molecule has 144 valence electrons. The summed E-state index contributed by atoms with van der Waals surface area (Å²) in [4.78, 5) is 26.0. The zero-order valence-corrected chi connectivity index (χ0v) is 15.7. The van der Waals surface area contributed by atoms with Gasteiger partial charge >= 0.3 is 5.97 Å². The molecule has 0 atom stereocenters.